The zero-order valence-corrected chi connectivity index (χ0v) is 13.8. The van der Waals surface area contributed by atoms with Crippen LogP contribution in [0.1, 0.15) is 35.6 Å². The van der Waals surface area contributed by atoms with E-state index in [1.807, 2.05) is 7.05 Å². The molecule has 4 heteroatoms. The summed E-state index contributed by atoms with van der Waals surface area (Å²) in [6, 6.07) is 4.39. The van der Waals surface area contributed by atoms with Gasteiger partial charge in [0.1, 0.15) is 5.75 Å². The Hall–Kier alpha value is -1.10. The Kier molecular flexibility index (Phi) is 5.25. The summed E-state index contributed by atoms with van der Waals surface area (Å²) < 4.78 is 17.2. The van der Waals surface area contributed by atoms with E-state index in [9.17, 15) is 0 Å². The van der Waals surface area contributed by atoms with E-state index >= 15 is 0 Å². The molecule has 1 fully saturated rings. The van der Waals surface area contributed by atoms with Crippen molar-refractivity contribution in [3.05, 3.63) is 28.8 Å². The van der Waals surface area contributed by atoms with Gasteiger partial charge in [0.2, 0.25) is 0 Å². The Morgan fingerprint density at radius 3 is 2.38 bits per heavy atom. The molecule has 4 nitrogen and oxygen atoms in total. The van der Waals surface area contributed by atoms with Crippen LogP contribution in [0.15, 0.2) is 12.1 Å². The lowest BCUT2D eigenvalue weighted by atomic mass is 9.81. The maximum absolute atomic E-state index is 5.96. The standard InChI is InChI=1S/C17H27NO3/c1-12-6-7-14(15(19-4)13(12)2)16(18-3)17(20-5)8-10-21-11-9-17/h6-7,16,18H,8-11H2,1-5H3. The van der Waals surface area contributed by atoms with Gasteiger partial charge in [-0.1, -0.05) is 12.1 Å². The van der Waals surface area contributed by atoms with Crippen molar-refractivity contribution in [1.29, 1.82) is 0 Å². The largest absolute Gasteiger partial charge is 0.496 e. The number of ether oxygens (including phenoxy) is 3. The Morgan fingerprint density at radius 1 is 1.19 bits per heavy atom. The third-order valence-corrected chi connectivity index (χ3v) is 4.78. The Balaban J connectivity index is 2.48. The van der Waals surface area contributed by atoms with Gasteiger partial charge in [-0.05, 0) is 32.0 Å². The molecule has 1 heterocycles. The molecule has 1 aromatic rings. The summed E-state index contributed by atoms with van der Waals surface area (Å²) >= 11 is 0. The molecule has 0 spiro atoms. The van der Waals surface area contributed by atoms with Gasteiger partial charge >= 0.3 is 0 Å². The van der Waals surface area contributed by atoms with Gasteiger partial charge < -0.3 is 19.5 Å². The number of benzene rings is 1. The number of likely N-dealkylation sites (N-methyl/N-ethyl adjacent to an activating group) is 1. The van der Waals surface area contributed by atoms with Crippen LogP contribution in [0.25, 0.3) is 0 Å². The Labute approximate surface area is 127 Å². The van der Waals surface area contributed by atoms with Gasteiger partial charge in [0, 0.05) is 38.7 Å². The molecule has 2 rings (SSSR count). The fourth-order valence-corrected chi connectivity index (χ4v) is 3.34. The maximum atomic E-state index is 5.96. The fraction of sp³-hybridized carbons (Fsp3) is 0.647. The topological polar surface area (TPSA) is 39.7 Å². The van der Waals surface area contributed by atoms with E-state index in [4.69, 9.17) is 14.2 Å². The van der Waals surface area contributed by atoms with Crippen molar-refractivity contribution < 1.29 is 14.2 Å². The third kappa shape index (κ3) is 2.93. The minimum atomic E-state index is -0.248. The van der Waals surface area contributed by atoms with Crippen LogP contribution in [0, 0.1) is 13.8 Å². The summed E-state index contributed by atoms with van der Waals surface area (Å²) in [6.07, 6.45) is 1.76. The number of aryl methyl sites for hydroxylation is 1. The molecular weight excluding hydrogens is 266 g/mol. The highest BCUT2D eigenvalue weighted by Crippen LogP contribution is 2.41. The van der Waals surface area contributed by atoms with Gasteiger partial charge in [-0.15, -0.1) is 0 Å². The first-order valence-electron chi connectivity index (χ1n) is 7.54. The van der Waals surface area contributed by atoms with Gasteiger partial charge in [-0.25, -0.2) is 0 Å². The predicted molar refractivity (Wildman–Crippen MR) is 84.1 cm³/mol. The van der Waals surface area contributed by atoms with Crippen LogP contribution in [-0.2, 0) is 9.47 Å². The van der Waals surface area contributed by atoms with Crippen molar-refractivity contribution in [2.75, 3.05) is 34.5 Å². The number of methoxy groups -OCH3 is 2. The molecule has 0 aliphatic carbocycles. The summed E-state index contributed by atoms with van der Waals surface area (Å²) in [5, 5.41) is 3.44. The average molecular weight is 293 g/mol. The minimum Gasteiger partial charge on any atom is -0.496 e. The average Bonchev–Trinajstić information content (AvgIpc) is 2.52. The van der Waals surface area contributed by atoms with Crippen LogP contribution >= 0.6 is 0 Å². The minimum absolute atomic E-state index is 0.0839. The van der Waals surface area contributed by atoms with Gasteiger partial charge in [-0.2, -0.15) is 0 Å². The van der Waals surface area contributed by atoms with E-state index in [0.717, 1.165) is 37.4 Å². The van der Waals surface area contributed by atoms with Crippen LogP contribution in [-0.4, -0.2) is 40.1 Å². The van der Waals surface area contributed by atoms with Gasteiger partial charge in [0.25, 0.3) is 0 Å². The highest BCUT2D eigenvalue weighted by molar-refractivity contribution is 5.47. The van der Waals surface area contributed by atoms with E-state index in [1.54, 1.807) is 14.2 Å². The van der Waals surface area contributed by atoms with Crippen molar-refractivity contribution in [2.24, 2.45) is 0 Å². The van der Waals surface area contributed by atoms with E-state index in [-0.39, 0.29) is 11.6 Å². The molecule has 0 radical (unpaired) electrons. The van der Waals surface area contributed by atoms with Crippen LogP contribution in [0.5, 0.6) is 5.75 Å². The van der Waals surface area contributed by atoms with Crippen LogP contribution in [0.4, 0.5) is 0 Å². The Bertz CT molecular complexity index is 481. The van der Waals surface area contributed by atoms with Crippen molar-refractivity contribution in [1.82, 2.24) is 5.32 Å². The highest BCUT2D eigenvalue weighted by Gasteiger charge is 2.42. The lowest BCUT2D eigenvalue weighted by Gasteiger charge is -2.43. The molecule has 1 atom stereocenters. The fourth-order valence-electron chi connectivity index (χ4n) is 3.34. The molecule has 1 N–H and O–H groups in total. The van der Waals surface area contributed by atoms with E-state index in [0.29, 0.717) is 0 Å². The highest BCUT2D eigenvalue weighted by atomic mass is 16.5. The molecule has 1 unspecified atom stereocenters. The summed E-state index contributed by atoms with van der Waals surface area (Å²) in [7, 11) is 5.51. The molecule has 118 valence electrons. The maximum Gasteiger partial charge on any atom is 0.126 e. The van der Waals surface area contributed by atoms with Crippen LogP contribution < -0.4 is 10.1 Å². The van der Waals surface area contributed by atoms with Crippen molar-refractivity contribution in [3.8, 4) is 5.75 Å². The second-order valence-corrected chi connectivity index (χ2v) is 5.73. The molecule has 0 saturated carbocycles. The Morgan fingerprint density at radius 2 is 1.86 bits per heavy atom. The first-order valence-corrected chi connectivity index (χ1v) is 7.54. The second kappa shape index (κ2) is 6.77. The molecule has 1 aliphatic rings. The molecule has 21 heavy (non-hydrogen) atoms. The van der Waals surface area contributed by atoms with Crippen LogP contribution in [0.3, 0.4) is 0 Å². The molecule has 0 amide bonds. The van der Waals surface area contributed by atoms with Crippen LogP contribution in [0.2, 0.25) is 0 Å². The molecule has 0 aromatic heterocycles. The number of nitrogens with one attached hydrogen (secondary N) is 1. The zero-order chi connectivity index (χ0) is 15.5. The predicted octanol–water partition coefficient (Wildman–Crippen LogP) is 2.77. The first kappa shape index (κ1) is 16.3. The summed E-state index contributed by atoms with van der Waals surface area (Å²) in [4.78, 5) is 0. The van der Waals surface area contributed by atoms with Gasteiger partial charge in [0.05, 0.1) is 18.8 Å². The zero-order valence-electron chi connectivity index (χ0n) is 13.8. The van der Waals surface area contributed by atoms with Crippen molar-refractivity contribution in [2.45, 2.75) is 38.3 Å². The summed E-state index contributed by atoms with van der Waals surface area (Å²) in [6.45, 7) is 5.68. The lowest BCUT2D eigenvalue weighted by molar-refractivity contribution is -0.110. The number of hydrogen-bond donors (Lipinski definition) is 1. The summed E-state index contributed by atoms with van der Waals surface area (Å²) in [5.74, 6) is 0.956. The molecule has 1 aliphatic heterocycles. The molecule has 1 saturated heterocycles. The molecule has 0 bridgehead atoms. The third-order valence-electron chi connectivity index (χ3n) is 4.78. The van der Waals surface area contributed by atoms with Crippen molar-refractivity contribution in [3.63, 3.8) is 0 Å². The van der Waals surface area contributed by atoms with Gasteiger partial charge in [0.15, 0.2) is 0 Å². The monoisotopic (exact) mass is 293 g/mol. The summed E-state index contributed by atoms with van der Waals surface area (Å²) in [5.41, 5.74) is 3.34. The smallest absolute Gasteiger partial charge is 0.126 e. The van der Waals surface area contributed by atoms with E-state index in [1.165, 1.54) is 11.1 Å². The molecule has 1 aromatic carbocycles. The SMILES string of the molecule is CNC(c1ccc(C)c(C)c1OC)C1(OC)CCOCC1. The van der Waals surface area contributed by atoms with E-state index < -0.39 is 0 Å². The number of hydrogen-bond acceptors (Lipinski definition) is 4. The second-order valence-electron chi connectivity index (χ2n) is 5.73. The normalized spacial score (nSPS) is 19.3. The quantitative estimate of drug-likeness (QED) is 0.906. The van der Waals surface area contributed by atoms with Crippen molar-refractivity contribution >= 4 is 0 Å². The van der Waals surface area contributed by atoms with E-state index in [2.05, 4.69) is 31.3 Å². The first-order chi connectivity index (χ1) is 10.1. The lowest BCUT2D eigenvalue weighted by Crippen LogP contribution is -2.48. The number of rotatable bonds is 5. The molecular formula is C17H27NO3. The van der Waals surface area contributed by atoms with Gasteiger partial charge in [-0.3, -0.25) is 0 Å².